The zero-order valence-electron chi connectivity index (χ0n) is 22.4. The van der Waals surface area contributed by atoms with Crippen molar-refractivity contribution >= 4 is 17.8 Å². The summed E-state index contributed by atoms with van der Waals surface area (Å²) in [5.41, 5.74) is 4.86. The minimum atomic E-state index is -0.446. The van der Waals surface area contributed by atoms with E-state index in [1.165, 1.54) is 36.3 Å². The van der Waals surface area contributed by atoms with Crippen LogP contribution in [0.1, 0.15) is 21.5 Å². The normalized spacial score (nSPS) is 10.8. The Balaban J connectivity index is 1.63. The summed E-state index contributed by atoms with van der Waals surface area (Å²) in [6.07, 6.45) is 1.86. The van der Waals surface area contributed by atoms with Crippen LogP contribution < -0.4 is 10.1 Å². The van der Waals surface area contributed by atoms with Gasteiger partial charge in [-0.15, -0.1) is 0 Å². The molecule has 2 amide bonds. The number of hydrogen-bond acceptors (Lipinski definition) is 5. The molecular weight excluding hydrogens is 499 g/mol. The molecule has 1 aromatic heterocycles. The number of anilines is 1. The van der Waals surface area contributed by atoms with Crippen LogP contribution in [0.15, 0.2) is 72.9 Å². The number of aromatic nitrogens is 2. The molecular formula is C30H31FN4O4. The second-order valence-corrected chi connectivity index (χ2v) is 9.09. The quantitative estimate of drug-likeness (QED) is 0.311. The van der Waals surface area contributed by atoms with Gasteiger partial charge in [-0.3, -0.25) is 19.5 Å². The number of carbonyl (C=O) groups is 2. The van der Waals surface area contributed by atoms with E-state index in [1.54, 1.807) is 7.11 Å². The predicted octanol–water partition coefficient (Wildman–Crippen LogP) is 5.03. The molecule has 4 rings (SSSR count). The molecule has 0 saturated carbocycles. The van der Waals surface area contributed by atoms with Crippen molar-refractivity contribution < 1.29 is 23.5 Å². The number of amides is 2. The SMILES string of the molecule is COCCN(CC(=O)Nc1nc(-c2ccc(OC)cc2)cn1-c1ccc(C)c(C)c1)C(=O)c1ccc(F)cc1. The van der Waals surface area contributed by atoms with Crippen LogP contribution in [0.4, 0.5) is 10.3 Å². The van der Waals surface area contributed by atoms with E-state index in [9.17, 15) is 14.0 Å². The number of imidazole rings is 1. The molecule has 0 saturated heterocycles. The van der Waals surface area contributed by atoms with Gasteiger partial charge in [0.2, 0.25) is 11.9 Å². The van der Waals surface area contributed by atoms with Crippen LogP contribution in [-0.4, -0.2) is 60.2 Å². The number of rotatable bonds is 10. The Hall–Kier alpha value is -4.50. The van der Waals surface area contributed by atoms with Crippen molar-refractivity contribution in [3.63, 3.8) is 0 Å². The van der Waals surface area contributed by atoms with Gasteiger partial charge in [0.05, 0.1) is 19.4 Å². The van der Waals surface area contributed by atoms with Crippen LogP contribution in [0, 0.1) is 19.7 Å². The summed E-state index contributed by atoms with van der Waals surface area (Å²) < 4.78 is 25.6. The molecule has 0 aliphatic heterocycles. The first-order valence-corrected chi connectivity index (χ1v) is 12.4. The summed E-state index contributed by atoms with van der Waals surface area (Å²) in [4.78, 5) is 32.4. The molecule has 9 heteroatoms. The van der Waals surface area contributed by atoms with Crippen molar-refractivity contribution in [3.8, 4) is 22.7 Å². The zero-order chi connectivity index (χ0) is 27.9. The van der Waals surface area contributed by atoms with Gasteiger partial charge in [-0.1, -0.05) is 6.07 Å². The highest BCUT2D eigenvalue weighted by Crippen LogP contribution is 2.27. The van der Waals surface area contributed by atoms with Crippen molar-refractivity contribution in [2.75, 3.05) is 39.2 Å². The van der Waals surface area contributed by atoms with Gasteiger partial charge in [-0.2, -0.15) is 0 Å². The lowest BCUT2D eigenvalue weighted by atomic mass is 10.1. The highest BCUT2D eigenvalue weighted by atomic mass is 19.1. The second kappa shape index (κ2) is 12.4. The van der Waals surface area contributed by atoms with E-state index in [2.05, 4.69) is 5.32 Å². The van der Waals surface area contributed by atoms with Crippen LogP contribution in [0.5, 0.6) is 5.75 Å². The third kappa shape index (κ3) is 6.69. The van der Waals surface area contributed by atoms with Crippen LogP contribution in [0.25, 0.3) is 16.9 Å². The number of hydrogen-bond donors (Lipinski definition) is 1. The smallest absolute Gasteiger partial charge is 0.254 e. The van der Waals surface area contributed by atoms with Crippen LogP contribution in [0.2, 0.25) is 0 Å². The Bertz CT molecular complexity index is 1450. The van der Waals surface area contributed by atoms with E-state index in [4.69, 9.17) is 14.5 Å². The maximum atomic E-state index is 13.4. The lowest BCUT2D eigenvalue weighted by molar-refractivity contribution is -0.117. The van der Waals surface area contributed by atoms with Gasteiger partial charge >= 0.3 is 0 Å². The summed E-state index contributed by atoms with van der Waals surface area (Å²) in [5.74, 6) is -0.242. The van der Waals surface area contributed by atoms with E-state index in [0.29, 0.717) is 11.6 Å². The van der Waals surface area contributed by atoms with Gasteiger partial charge in [0.15, 0.2) is 0 Å². The van der Waals surface area contributed by atoms with Crippen molar-refractivity contribution in [3.05, 3.63) is 95.4 Å². The zero-order valence-corrected chi connectivity index (χ0v) is 22.4. The number of benzene rings is 3. The molecule has 1 heterocycles. The van der Waals surface area contributed by atoms with Crippen LogP contribution in [-0.2, 0) is 9.53 Å². The maximum absolute atomic E-state index is 13.4. The first-order valence-electron chi connectivity index (χ1n) is 12.4. The fourth-order valence-electron chi connectivity index (χ4n) is 4.01. The summed E-state index contributed by atoms with van der Waals surface area (Å²) >= 11 is 0. The van der Waals surface area contributed by atoms with Crippen molar-refractivity contribution in [1.82, 2.24) is 14.5 Å². The number of aryl methyl sites for hydroxylation is 2. The summed E-state index contributed by atoms with van der Waals surface area (Å²) in [6, 6.07) is 18.7. The number of halogens is 1. The van der Waals surface area contributed by atoms with Crippen molar-refractivity contribution in [2.45, 2.75) is 13.8 Å². The van der Waals surface area contributed by atoms with Crippen LogP contribution >= 0.6 is 0 Å². The number of carbonyl (C=O) groups excluding carboxylic acids is 2. The first kappa shape index (κ1) is 27.5. The number of nitrogens with one attached hydrogen (secondary N) is 1. The largest absolute Gasteiger partial charge is 0.497 e. The van der Waals surface area contributed by atoms with E-state index in [1.807, 2.05) is 67.1 Å². The minimum absolute atomic E-state index is 0.183. The maximum Gasteiger partial charge on any atom is 0.254 e. The van der Waals surface area contributed by atoms with E-state index < -0.39 is 17.6 Å². The molecule has 0 aliphatic carbocycles. The Labute approximate surface area is 227 Å². The molecule has 4 aromatic rings. The average Bonchev–Trinajstić information content (AvgIpc) is 3.36. The molecule has 0 spiro atoms. The number of nitrogens with zero attached hydrogens (tertiary/aromatic N) is 3. The van der Waals surface area contributed by atoms with Crippen LogP contribution in [0.3, 0.4) is 0 Å². The van der Waals surface area contributed by atoms with E-state index in [-0.39, 0.29) is 25.3 Å². The average molecular weight is 531 g/mol. The molecule has 1 N–H and O–H groups in total. The Morgan fingerprint density at radius 2 is 1.69 bits per heavy atom. The fourth-order valence-corrected chi connectivity index (χ4v) is 4.01. The van der Waals surface area contributed by atoms with Gasteiger partial charge in [-0.05, 0) is 85.6 Å². The molecule has 0 aliphatic rings. The van der Waals surface area contributed by atoms with Crippen molar-refractivity contribution in [2.24, 2.45) is 0 Å². The van der Waals surface area contributed by atoms with Crippen molar-refractivity contribution in [1.29, 1.82) is 0 Å². The van der Waals surface area contributed by atoms with Gasteiger partial charge in [0, 0.05) is 36.7 Å². The lowest BCUT2D eigenvalue weighted by Gasteiger charge is -2.22. The highest BCUT2D eigenvalue weighted by molar-refractivity contribution is 5.99. The predicted molar refractivity (Wildman–Crippen MR) is 148 cm³/mol. The van der Waals surface area contributed by atoms with Gasteiger partial charge in [0.1, 0.15) is 18.1 Å². The molecule has 0 bridgehead atoms. The molecule has 0 radical (unpaired) electrons. The summed E-state index contributed by atoms with van der Waals surface area (Å²) in [6.45, 7) is 4.23. The van der Waals surface area contributed by atoms with Gasteiger partial charge in [0.25, 0.3) is 5.91 Å². The highest BCUT2D eigenvalue weighted by Gasteiger charge is 2.21. The van der Waals surface area contributed by atoms with E-state index in [0.717, 1.165) is 28.1 Å². The molecule has 0 unspecified atom stereocenters. The Kier molecular flexibility index (Phi) is 8.73. The summed E-state index contributed by atoms with van der Waals surface area (Å²) in [7, 11) is 3.12. The monoisotopic (exact) mass is 530 g/mol. The summed E-state index contributed by atoms with van der Waals surface area (Å²) in [5, 5.41) is 2.87. The third-order valence-corrected chi connectivity index (χ3v) is 6.39. The van der Waals surface area contributed by atoms with E-state index >= 15 is 0 Å². The lowest BCUT2D eigenvalue weighted by Crippen LogP contribution is -2.40. The molecule has 8 nitrogen and oxygen atoms in total. The minimum Gasteiger partial charge on any atom is -0.497 e. The van der Waals surface area contributed by atoms with Gasteiger partial charge < -0.3 is 14.4 Å². The number of ether oxygens (including phenoxy) is 2. The molecule has 39 heavy (non-hydrogen) atoms. The van der Waals surface area contributed by atoms with Gasteiger partial charge in [-0.25, -0.2) is 9.37 Å². The topological polar surface area (TPSA) is 85.7 Å². The molecule has 202 valence electrons. The Morgan fingerprint density at radius 3 is 2.33 bits per heavy atom. The number of methoxy groups -OCH3 is 2. The standard InChI is InChI=1S/C30H31FN4O4/c1-20-5-12-25(17-21(20)2)35-18-27(22-8-13-26(39-4)14-9-22)32-30(35)33-28(36)19-34(15-16-38-3)29(37)23-6-10-24(31)11-7-23/h5-14,17-18H,15-16,19H2,1-4H3,(H,32,33,36). The molecule has 0 fully saturated rings. The first-order chi connectivity index (χ1) is 18.8. The molecule has 3 aromatic carbocycles. The fraction of sp³-hybridized carbons (Fsp3) is 0.233. The Morgan fingerprint density at radius 1 is 0.974 bits per heavy atom. The second-order valence-electron chi connectivity index (χ2n) is 9.09. The third-order valence-electron chi connectivity index (χ3n) is 6.39. The molecule has 0 atom stereocenters.